The van der Waals surface area contributed by atoms with E-state index >= 15 is 0 Å². The van der Waals surface area contributed by atoms with Crippen LogP contribution in [0.4, 0.5) is 5.69 Å². The van der Waals surface area contributed by atoms with E-state index in [4.69, 9.17) is 0 Å². The lowest BCUT2D eigenvalue weighted by Crippen LogP contribution is -2.32. The van der Waals surface area contributed by atoms with E-state index in [1.807, 2.05) is 24.3 Å². The maximum atomic E-state index is 11.8. The Morgan fingerprint density at radius 2 is 1.85 bits per heavy atom. The van der Waals surface area contributed by atoms with Gasteiger partial charge in [0, 0.05) is 10.2 Å². The van der Waals surface area contributed by atoms with Crippen molar-refractivity contribution < 1.29 is 4.79 Å². The van der Waals surface area contributed by atoms with E-state index < -0.39 is 0 Å². The number of carbonyl (C=O) groups excluding carboxylic acids is 1. The molecule has 1 aliphatic carbocycles. The zero-order valence-corrected chi connectivity index (χ0v) is 13.6. The van der Waals surface area contributed by atoms with Gasteiger partial charge in [0.2, 0.25) is 5.91 Å². The van der Waals surface area contributed by atoms with Gasteiger partial charge in [-0.3, -0.25) is 4.79 Å². The van der Waals surface area contributed by atoms with Crippen LogP contribution in [0.5, 0.6) is 0 Å². The number of carbonyl (C=O) groups is 1. The quantitative estimate of drug-likeness (QED) is 0.857. The Morgan fingerprint density at radius 1 is 1.20 bits per heavy atom. The van der Waals surface area contributed by atoms with Gasteiger partial charge in [0.05, 0.1) is 6.54 Å². The van der Waals surface area contributed by atoms with Crippen molar-refractivity contribution in [2.75, 3.05) is 18.4 Å². The highest BCUT2D eigenvalue weighted by Gasteiger charge is 2.17. The summed E-state index contributed by atoms with van der Waals surface area (Å²) >= 11 is 3.38. The molecular formula is C16H23BrN2O. The Morgan fingerprint density at radius 3 is 2.50 bits per heavy atom. The monoisotopic (exact) mass is 338 g/mol. The van der Waals surface area contributed by atoms with Crippen LogP contribution in [0.25, 0.3) is 0 Å². The van der Waals surface area contributed by atoms with E-state index in [1.165, 1.54) is 25.7 Å². The van der Waals surface area contributed by atoms with Crippen LogP contribution in [0.3, 0.4) is 0 Å². The van der Waals surface area contributed by atoms with Gasteiger partial charge in [-0.25, -0.2) is 0 Å². The van der Waals surface area contributed by atoms with Gasteiger partial charge < -0.3 is 10.6 Å². The minimum Gasteiger partial charge on any atom is -0.325 e. The molecule has 0 spiro atoms. The van der Waals surface area contributed by atoms with Crippen LogP contribution in [-0.2, 0) is 4.79 Å². The minimum absolute atomic E-state index is 0.0245. The lowest BCUT2D eigenvalue weighted by molar-refractivity contribution is -0.115. The molecule has 1 aromatic rings. The summed E-state index contributed by atoms with van der Waals surface area (Å²) in [5, 5.41) is 6.17. The second kappa shape index (κ2) is 7.79. The van der Waals surface area contributed by atoms with Gasteiger partial charge in [-0.15, -0.1) is 0 Å². The van der Waals surface area contributed by atoms with Crippen molar-refractivity contribution >= 4 is 27.5 Å². The molecular weight excluding hydrogens is 316 g/mol. The Kier molecular flexibility index (Phi) is 6.05. The Labute approximate surface area is 129 Å². The van der Waals surface area contributed by atoms with Crippen LogP contribution >= 0.6 is 15.9 Å². The van der Waals surface area contributed by atoms with Crippen LogP contribution < -0.4 is 10.6 Å². The van der Waals surface area contributed by atoms with Crippen molar-refractivity contribution in [3.05, 3.63) is 28.7 Å². The number of anilines is 1. The molecule has 1 saturated carbocycles. The van der Waals surface area contributed by atoms with Crippen LogP contribution in [0.15, 0.2) is 28.7 Å². The fourth-order valence-corrected chi connectivity index (χ4v) is 2.93. The number of hydrogen-bond donors (Lipinski definition) is 2. The molecule has 2 rings (SSSR count). The first-order valence-electron chi connectivity index (χ1n) is 7.39. The van der Waals surface area contributed by atoms with Crippen molar-refractivity contribution in [1.82, 2.24) is 5.32 Å². The lowest BCUT2D eigenvalue weighted by atomic mass is 9.83. The minimum atomic E-state index is 0.0245. The van der Waals surface area contributed by atoms with Crippen molar-refractivity contribution in [3.8, 4) is 0 Å². The molecule has 0 atom stereocenters. The summed E-state index contributed by atoms with van der Waals surface area (Å²) in [6.07, 6.45) is 5.25. The second-order valence-electron chi connectivity index (χ2n) is 5.81. The smallest absolute Gasteiger partial charge is 0.238 e. The number of nitrogens with one attached hydrogen (secondary N) is 2. The molecule has 0 unspecified atom stereocenters. The summed E-state index contributed by atoms with van der Waals surface area (Å²) in [6.45, 7) is 3.68. The third kappa shape index (κ3) is 5.25. The van der Waals surface area contributed by atoms with Crippen molar-refractivity contribution in [1.29, 1.82) is 0 Å². The highest BCUT2D eigenvalue weighted by Crippen LogP contribution is 2.27. The van der Waals surface area contributed by atoms with E-state index in [1.54, 1.807) is 0 Å². The van der Waals surface area contributed by atoms with Crippen LogP contribution in [-0.4, -0.2) is 19.0 Å². The molecule has 110 valence electrons. The van der Waals surface area contributed by atoms with Crippen molar-refractivity contribution in [3.63, 3.8) is 0 Å². The SMILES string of the molecule is CC1CCC(CNCC(=O)Nc2ccc(Br)cc2)CC1. The molecule has 0 saturated heterocycles. The highest BCUT2D eigenvalue weighted by atomic mass is 79.9. The van der Waals surface area contributed by atoms with E-state index in [0.717, 1.165) is 28.5 Å². The molecule has 2 N–H and O–H groups in total. The normalized spacial score (nSPS) is 22.5. The van der Waals surface area contributed by atoms with Crippen LogP contribution in [0, 0.1) is 11.8 Å². The second-order valence-corrected chi connectivity index (χ2v) is 6.73. The third-order valence-electron chi connectivity index (χ3n) is 3.98. The first-order chi connectivity index (χ1) is 9.63. The summed E-state index contributed by atoms with van der Waals surface area (Å²) < 4.78 is 1.01. The Bertz CT molecular complexity index is 425. The number of rotatable bonds is 5. The zero-order valence-electron chi connectivity index (χ0n) is 12.0. The molecule has 3 nitrogen and oxygen atoms in total. The van der Waals surface area contributed by atoms with Crippen LogP contribution in [0.2, 0.25) is 0 Å². The number of amides is 1. The first kappa shape index (κ1) is 15.5. The molecule has 1 fully saturated rings. The number of benzene rings is 1. The molecule has 20 heavy (non-hydrogen) atoms. The zero-order chi connectivity index (χ0) is 14.4. The number of hydrogen-bond acceptors (Lipinski definition) is 2. The highest BCUT2D eigenvalue weighted by molar-refractivity contribution is 9.10. The fraction of sp³-hybridized carbons (Fsp3) is 0.562. The van der Waals surface area contributed by atoms with Gasteiger partial charge in [0.25, 0.3) is 0 Å². The van der Waals surface area contributed by atoms with E-state index in [0.29, 0.717) is 6.54 Å². The van der Waals surface area contributed by atoms with E-state index in [2.05, 4.69) is 33.5 Å². The first-order valence-corrected chi connectivity index (χ1v) is 8.19. The summed E-state index contributed by atoms with van der Waals surface area (Å²) in [4.78, 5) is 11.8. The predicted molar refractivity (Wildman–Crippen MR) is 86.8 cm³/mol. The van der Waals surface area contributed by atoms with Gasteiger partial charge >= 0.3 is 0 Å². The molecule has 1 amide bonds. The number of halogens is 1. The van der Waals surface area contributed by atoms with Gasteiger partial charge in [-0.2, -0.15) is 0 Å². The predicted octanol–water partition coefficient (Wildman–Crippen LogP) is 3.80. The maximum absolute atomic E-state index is 11.8. The van der Waals surface area contributed by atoms with E-state index in [9.17, 15) is 4.79 Å². The molecule has 0 radical (unpaired) electrons. The van der Waals surface area contributed by atoms with Crippen molar-refractivity contribution in [2.24, 2.45) is 11.8 Å². The molecule has 0 bridgehead atoms. The maximum Gasteiger partial charge on any atom is 0.238 e. The Balaban J connectivity index is 1.64. The largest absolute Gasteiger partial charge is 0.325 e. The average molecular weight is 339 g/mol. The molecule has 0 aliphatic heterocycles. The standard InChI is InChI=1S/C16H23BrN2O/c1-12-2-4-13(5-3-12)10-18-11-16(20)19-15-8-6-14(17)7-9-15/h6-9,12-13,18H,2-5,10-11H2,1H3,(H,19,20). The van der Waals surface area contributed by atoms with Crippen LogP contribution in [0.1, 0.15) is 32.6 Å². The third-order valence-corrected chi connectivity index (χ3v) is 4.51. The average Bonchev–Trinajstić information content (AvgIpc) is 2.44. The van der Waals surface area contributed by atoms with E-state index in [-0.39, 0.29) is 5.91 Å². The fourth-order valence-electron chi connectivity index (χ4n) is 2.66. The molecule has 1 aromatic carbocycles. The van der Waals surface area contributed by atoms with Gasteiger partial charge in [0.1, 0.15) is 0 Å². The molecule has 1 aliphatic rings. The van der Waals surface area contributed by atoms with Gasteiger partial charge in [-0.1, -0.05) is 35.7 Å². The summed E-state index contributed by atoms with van der Waals surface area (Å²) in [6, 6.07) is 7.63. The summed E-state index contributed by atoms with van der Waals surface area (Å²) in [7, 11) is 0. The summed E-state index contributed by atoms with van der Waals surface area (Å²) in [5.41, 5.74) is 0.839. The molecule has 0 aromatic heterocycles. The molecule has 0 heterocycles. The van der Waals surface area contributed by atoms with Gasteiger partial charge in [0.15, 0.2) is 0 Å². The summed E-state index contributed by atoms with van der Waals surface area (Å²) in [5.74, 6) is 1.65. The van der Waals surface area contributed by atoms with Gasteiger partial charge in [-0.05, 0) is 55.5 Å². The Hall–Kier alpha value is -0.870. The van der Waals surface area contributed by atoms with Crippen molar-refractivity contribution in [2.45, 2.75) is 32.6 Å². The lowest BCUT2D eigenvalue weighted by Gasteiger charge is -2.26. The molecule has 4 heteroatoms. The topological polar surface area (TPSA) is 41.1 Å².